The molecule has 1 aliphatic heterocycles. The molecule has 0 radical (unpaired) electrons. The average Bonchev–Trinajstić information content (AvgIpc) is 2.71. The Labute approximate surface area is 167 Å². The zero-order valence-corrected chi connectivity index (χ0v) is 17.6. The first-order chi connectivity index (χ1) is 13.4. The first-order valence-corrected chi connectivity index (χ1v) is 11.0. The van der Waals surface area contributed by atoms with Crippen molar-refractivity contribution in [2.75, 3.05) is 52.6 Å². The molecule has 1 aromatic rings. The minimum Gasteiger partial charge on any atom is -0.494 e. The fraction of sp³-hybridized carbons (Fsp3) is 0.632. The van der Waals surface area contributed by atoms with E-state index in [-0.39, 0.29) is 23.9 Å². The third-order valence-electron chi connectivity index (χ3n) is 4.47. The van der Waals surface area contributed by atoms with Gasteiger partial charge in [0.1, 0.15) is 11.9 Å². The summed E-state index contributed by atoms with van der Waals surface area (Å²) >= 11 is 0. The summed E-state index contributed by atoms with van der Waals surface area (Å²) in [5.41, 5.74) is 0. The first-order valence-electron chi connectivity index (χ1n) is 9.61. The number of piperazine rings is 1. The Hall–Kier alpha value is -1.68. The largest absolute Gasteiger partial charge is 0.494 e. The van der Waals surface area contributed by atoms with Gasteiger partial charge in [-0.2, -0.15) is 4.31 Å². The zero-order valence-electron chi connectivity index (χ0n) is 16.8. The van der Waals surface area contributed by atoms with Crippen LogP contribution in [0.2, 0.25) is 0 Å². The van der Waals surface area contributed by atoms with Crippen LogP contribution in [-0.2, 0) is 24.3 Å². The quantitative estimate of drug-likeness (QED) is 0.538. The van der Waals surface area contributed by atoms with Gasteiger partial charge in [0.25, 0.3) is 5.91 Å². The van der Waals surface area contributed by atoms with Gasteiger partial charge in [0.2, 0.25) is 10.0 Å². The molecule has 0 N–H and O–H groups in total. The number of sulfonamides is 1. The molecule has 2 rings (SSSR count). The molecule has 1 saturated heterocycles. The van der Waals surface area contributed by atoms with Crippen molar-refractivity contribution in [3.63, 3.8) is 0 Å². The van der Waals surface area contributed by atoms with Gasteiger partial charge in [-0.3, -0.25) is 4.79 Å². The zero-order chi connectivity index (χ0) is 20.6. The van der Waals surface area contributed by atoms with Crippen molar-refractivity contribution < 1.29 is 27.4 Å². The summed E-state index contributed by atoms with van der Waals surface area (Å²) in [6, 6.07) is 6.40. The van der Waals surface area contributed by atoms with Crippen LogP contribution in [-0.4, -0.2) is 82.2 Å². The fourth-order valence-corrected chi connectivity index (χ4v) is 4.35. The van der Waals surface area contributed by atoms with E-state index < -0.39 is 16.1 Å². The Morgan fingerprint density at radius 2 is 1.68 bits per heavy atom. The van der Waals surface area contributed by atoms with Crippen LogP contribution < -0.4 is 4.74 Å². The highest BCUT2D eigenvalue weighted by Crippen LogP contribution is 2.21. The molecule has 0 aliphatic carbocycles. The lowest BCUT2D eigenvalue weighted by Gasteiger charge is -2.35. The molecule has 9 heteroatoms. The second-order valence-corrected chi connectivity index (χ2v) is 8.28. The predicted octanol–water partition coefficient (Wildman–Crippen LogP) is 1.36. The highest BCUT2D eigenvalue weighted by Gasteiger charge is 2.31. The normalized spacial score (nSPS) is 16.8. The number of carbonyl (C=O) groups is 1. The van der Waals surface area contributed by atoms with Crippen LogP contribution in [0.1, 0.15) is 20.8 Å². The fourth-order valence-electron chi connectivity index (χ4n) is 2.93. The molecule has 1 aromatic carbocycles. The molecule has 1 aliphatic rings. The van der Waals surface area contributed by atoms with Gasteiger partial charge in [-0.25, -0.2) is 8.42 Å². The molecule has 0 saturated carbocycles. The monoisotopic (exact) mass is 414 g/mol. The van der Waals surface area contributed by atoms with Crippen molar-refractivity contribution in [3.8, 4) is 5.75 Å². The molecule has 0 bridgehead atoms. The van der Waals surface area contributed by atoms with E-state index in [1.165, 1.54) is 4.31 Å². The van der Waals surface area contributed by atoms with Crippen molar-refractivity contribution in [2.45, 2.75) is 31.8 Å². The molecule has 1 atom stereocenters. The summed E-state index contributed by atoms with van der Waals surface area (Å²) in [6.07, 6.45) is -0.574. The molecule has 0 aromatic heterocycles. The maximum absolute atomic E-state index is 12.8. The molecule has 1 fully saturated rings. The van der Waals surface area contributed by atoms with Crippen LogP contribution in [0.15, 0.2) is 29.2 Å². The SMILES string of the molecule is CCOCCOC(C)C(=O)N1CCN(S(=O)(=O)c2ccc(OCC)cc2)CC1. The molecular weight excluding hydrogens is 384 g/mol. The van der Waals surface area contributed by atoms with Gasteiger partial charge in [0, 0.05) is 32.8 Å². The van der Waals surface area contributed by atoms with Gasteiger partial charge < -0.3 is 19.1 Å². The number of carbonyl (C=O) groups excluding carboxylic acids is 1. The Bertz CT molecular complexity index is 714. The molecule has 0 spiro atoms. The molecule has 28 heavy (non-hydrogen) atoms. The van der Waals surface area contributed by atoms with E-state index in [1.54, 1.807) is 36.1 Å². The minimum absolute atomic E-state index is 0.130. The lowest BCUT2D eigenvalue weighted by Crippen LogP contribution is -2.52. The van der Waals surface area contributed by atoms with Gasteiger partial charge >= 0.3 is 0 Å². The number of ether oxygens (including phenoxy) is 3. The van der Waals surface area contributed by atoms with Crippen LogP contribution in [0.3, 0.4) is 0 Å². The number of rotatable bonds is 10. The minimum atomic E-state index is -3.59. The number of hydrogen-bond donors (Lipinski definition) is 0. The summed E-state index contributed by atoms with van der Waals surface area (Å²) < 4.78 is 43.1. The van der Waals surface area contributed by atoms with E-state index in [9.17, 15) is 13.2 Å². The van der Waals surface area contributed by atoms with E-state index in [0.29, 0.717) is 45.3 Å². The van der Waals surface area contributed by atoms with Crippen LogP contribution >= 0.6 is 0 Å². The summed E-state index contributed by atoms with van der Waals surface area (Å²) in [5, 5.41) is 0. The van der Waals surface area contributed by atoms with Crippen LogP contribution in [0.4, 0.5) is 0 Å². The maximum Gasteiger partial charge on any atom is 0.251 e. The van der Waals surface area contributed by atoms with Crippen molar-refractivity contribution in [1.29, 1.82) is 0 Å². The molecular formula is C19H30N2O6S. The average molecular weight is 415 g/mol. The van der Waals surface area contributed by atoms with Crippen LogP contribution in [0.25, 0.3) is 0 Å². The van der Waals surface area contributed by atoms with Gasteiger partial charge in [0.15, 0.2) is 0 Å². The molecule has 1 heterocycles. The standard InChI is InChI=1S/C19H30N2O6S/c1-4-25-14-15-27-16(3)19(22)20-10-12-21(13-11-20)28(23,24)18-8-6-17(7-9-18)26-5-2/h6-9,16H,4-5,10-15H2,1-3H3. The van der Waals surface area contributed by atoms with E-state index in [2.05, 4.69) is 0 Å². The Morgan fingerprint density at radius 1 is 1.04 bits per heavy atom. The Kier molecular flexibility index (Phi) is 8.68. The molecule has 8 nitrogen and oxygen atoms in total. The van der Waals surface area contributed by atoms with Gasteiger partial charge in [-0.05, 0) is 45.0 Å². The van der Waals surface area contributed by atoms with Crippen molar-refractivity contribution in [2.24, 2.45) is 0 Å². The van der Waals surface area contributed by atoms with Crippen molar-refractivity contribution in [1.82, 2.24) is 9.21 Å². The smallest absolute Gasteiger partial charge is 0.251 e. The number of amides is 1. The van der Waals surface area contributed by atoms with Crippen LogP contribution in [0.5, 0.6) is 5.75 Å². The third-order valence-corrected chi connectivity index (χ3v) is 6.38. The highest BCUT2D eigenvalue weighted by atomic mass is 32.2. The third kappa shape index (κ3) is 5.91. The topological polar surface area (TPSA) is 85.4 Å². The van der Waals surface area contributed by atoms with E-state index in [0.717, 1.165) is 0 Å². The van der Waals surface area contributed by atoms with Gasteiger partial charge in [-0.1, -0.05) is 0 Å². The maximum atomic E-state index is 12.8. The molecule has 1 amide bonds. The van der Waals surface area contributed by atoms with Crippen LogP contribution in [0, 0.1) is 0 Å². The lowest BCUT2D eigenvalue weighted by atomic mass is 10.3. The van der Waals surface area contributed by atoms with E-state index >= 15 is 0 Å². The summed E-state index contributed by atoms with van der Waals surface area (Å²) in [7, 11) is -3.59. The van der Waals surface area contributed by atoms with Gasteiger partial charge in [0.05, 0.1) is 24.7 Å². The second kappa shape index (κ2) is 10.8. The number of benzene rings is 1. The van der Waals surface area contributed by atoms with Gasteiger partial charge in [-0.15, -0.1) is 0 Å². The van der Waals surface area contributed by atoms with Crippen molar-refractivity contribution in [3.05, 3.63) is 24.3 Å². The molecule has 158 valence electrons. The summed E-state index contributed by atoms with van der Waals surface area (Å²) in [6.45, 7) is 8.60. The van der Waals surface area contributed by atoms with E-state index in [1.807, 2.05) is 13.8 Å². The Morgan fingerprint density at radius 3 is 2.25 bits per heavy atom. The second-order valence-electron chi connectivity index (χ2n) is 6.34. The number of hydrogen-bond acceptors (Lipinski definition) is 6. The molecule has 1 unspecified atom stereocenters. The first kappa shape index (κ1) is 22.6. The van der Waals surface area contributed by atoms with Crippen molar-refractivity contribution >= 4 is 15.9 Å². The highest BCUT2D eigenvalue weighted by molar-refractivity contribution is 7.89. The lowest BCUT2D eigenvalue weighted by molar-refractivity contribution is -0.144. The van der Waals surface area contributed by atoms with E-state index in [4.69, 9.17) is 14.2 Å². The predicted molar refractivity (Wildman–Crippen MR) is 105 cm³/mol. The number of nitrogens with zero attached hydrogens (tertiary/aromatic N) is 2. The summed E-state index contributed by atoms with van der Waals surface area (Å²) in [4.78, 5) is 14.3. The Balaban J connectivity index is 1.88. The summed E-state index contributed by atoms with van der Waals surface area (Å²) in [5.74, 6) is 0.504.